The fourth-order valence-corrected chi connectivity index (χ4v) is 3.08. The van der Waals surface area contributed by atoms with Crippen LogP contribution >= 0.6 is 24.0 Å². The Morgan fingerprint density at radius 1 is 1.08 bits per heavy atom. The molecule has 1 aliphatic heterocycles. The zero-order valence-electron chi connectivity index (χ0n) is 14.9. The molecule has 0 amide bonds. The second-order valence-corrected chi connectivity index (χ2v) is 6.02. The van der Waals surface area contributed by atoms with Crippen LogP contribution in [0.15, 0.2) is 59.6 Å². The summed E-state index contributed by atoms with van der Waals surface area (Å²) >= 11 is 0. The first-order valence-corrected chi connectivity index (χ1v) is 8.55. The Kier molecular flexibility index (Phi) is 7.73. The monoisotopic (exact) mass is 461 g/mol. The molecule has 0 unspecified atom stereocenters. The number of nitriles is 1. The van der Waals surface area contributed by atoms with Crippen molar-refractivity contribution in [3.63, 3.8) is 0 Å². The molecule has 0 atom stereocenters. The summed E-state index contributed by atoms with van der Waals surface area (Å²) in [7, 11) is 1.82. The summed E-state index contributed by atoms with van der Waals surface area (Å²) < 4.78 is 0. The number of aliphatic imine (C=N–C) groups is 1. The number of benzene rings is 2. The lowest BCUT2D eigenvalue weighted by Crippen LogP contribution is -2.52. The Hall–Kier alpha value is -2.27. The molecule has 0 aromatic heterocycles. The molecule has 136 valence electrons. The van der Waals surface area contributed by atoms with Crippen molar-refractivity contribution in [1.82, 2.24) is 10.2 Å². The van der Waals surface area contributed by atoms with Crippen LogP contribution in [0.2, 0.25) is 0 Å². The lowest BCUT2D eigenvalue weighted by atomic mass is 10.1. The minimum absolute atomic E-state index is 0. The molecule has 1 N–H and O–H groups in total. The number of halogens is 1. The third kappa shape index (κ3) is 5.11. The highest BCUT2D eigenvalue weighted by Gasteiger charge is 2.19. The number of guanidine groups is 1. The molecular formula is C20H24IN5. The Labute approximate surface area is 172 Å². The SMILES string of the molecule is CN=C(NCc1cccc(C#N)c1)N1CCN(c2ccccc2)CC1.I. The second-order valence-electron chi connectivity index (χ2n) is 6.02. The highest BCUT2D eigenvalue weighted by molar-refractivity contribution is 14.0. The fourth-order valence-electron chi connectivity index (χ4n) is 3.08. The maximum Gasteiger partial charge on any atom is 0.194 e. The third-order valence-corrected chi connectivity index (χ3v) is 4.42. The van der Waals surface area contributed by atoms with Crippen LogP contribution in [-0.2, 0) is 6.54 Å². The van der Waals surface area contributed by atoms with Gasteiger partial charge in [0.2, 0.25) is 0 Å². The second kappa shape index (κ2) is 10.0. The van der Waals surface area contributed by atoms with E-state index < -0.39 is 0 Å². The van der Waals surface area contributed by atoms with Crippen molar-refractivity contribution in [3.8, 4) is 6.07 Å². The van der Waals surface area contributed by atoms with Gasteiger partial charge >= 0.3 is 0 Å². The molecule has 0 bridgehead atoms. The Morgan fingerprint density at radius 2 is 1.81 bits per heavy atom. The van der Waals surface area contributed by atoms with Crippen molar-refractivity contribution in [2.45, 2.75) is 6.54 Å². The van der Waals surface area contributed by atoms with Gasteiger partial charge in [-0.1, -0.05) is 30.3 Å². The van der Waals surface area contributed by atoms with Gasteiger partial charge in [-0.2, -0.15) is 5.26 Å². The number of nitrogens with zero attached hydrogens (tertiary/aromatic N) is 4. The maximum absolute atomic E-state index is 9.00. The van der Waals surface area contributed by atoms with Crippen LogP contribution in [-0.4, -0.2) is 44.1 Å². The molecular weight excluding hydrogens is 437 g/mol. The number of rotatable bonds is 3. The van der Waals surface area contributed by atoms with E-state index >= 15 is 0 Å². The Bertz CT molecular complexity index is 761. The molecule has 1 heterocycles. The van der Waals surface area contributed by atoms with E-state index in [0.29, 0.717) is 12.1 Å². The predicted octanol–water partition coefficient (Wildman–Crippen LogP) is 3.07. The van der Waals surface area contributed by atoms with Crippen molar-refractivity contribution >= 4 is 35.6 Å². The molecule has 0 saturated carbocycles. The number of hydrogen-bond donors (Lipinski definition) is 1. The van der Waals surface area contributed by atoms with Gasteiger partial charge in [-0.3, -0.25) is 4.99 Å². The minimum atomic E-state index is 0. The van der Waals surface area contributed by atoms with Crippen LogP contribution in [0.1, 0.15) is 11.1 Å². The van der Waals surface area contributed by atoms with Crippen molar-refractivity contribution in [2.75, 3.05) is 38.1 Å². The van der Waals surface area contributed by atoms with Crippen LogP contribution < -0.4 is 10.2 Å². The van der Waals surface area contributed by atoms with Crippen LogP contribution in [0.25, 0.3) is 0 Å². The average molecular weight is 461 g/mol. The fraction of sp³-hybridized carbons (Fsp3) is 0.300. The van der Waals surface area contributed by atoms with Crippen LogP contribution in [0.3, 0.4) is 0 Å². The summed E-state index contributed by atoms with van der Waals surface area (Å²) in [5.74, 6) is 0.912. The first kappa shape index (κ1) is 20.0. The number of anilines is 1. The first-order chi connectivity index (χ1) is 12.3. The van der Waals surface area contributed by atoms with E-state index in [2.05, 4.69) is 50.4 Å². The lowest BCUT2D eigenvalue weighted by Gasteiger charge is -2.37. The number of hydrogen-bond acceptors (Lipinski definition) is 3. The van der Waals surface area contributed by atoms with Gasteiger partial charge in [-0.05, 0) is 29.8 Å². The molecule has 2 aromatic carbocycles. The first-order valence-electron chi connectivity index (χ1n) is 8.55. The standard InChI is InChI=1S/C20H23N5.HI/c1-22-20(23-16-18-7-5-6-17(14-18)15-21)25-12-10-24(11-13-25)19-8-3-2-4-9-19;/h2-9,14H,10-13,16H2,1H3,(H,22,23);1H. The highest BCUT2D eigenvalue weighted by atomic mass is 127. The molecule has 1 saturated heterocycles. The molecule has 3 rings (SSSR count). The lowest BCUT2D eigenvalue weighted by molar-refractivity contribution is 0.372. The zero-order valence-corrected chi connectivity index (χ0v) is 17.3. The van der Waals surface area contributed by atoms with E-state index in [1.54, 1.807) is 0 Å². The molecule has 0 radical (unpaired) electrons. The van der Waals surface area contributed by atoms with Crippen molar-refractivity contribution in [3.05, 3.63) is 65.7 Å². The molecule has 2 aromatic rings. The topological polar surface area (TPSA) is 54.7 Å². The summed E-state index contributed by atoms with van der Waals surface area (Å²) in [6, 6.07) is 20.4. The zero-order chi connectivity index (χ0) is 17.5. The van der Waals surface area contributed by atoms with Crippen LogP contribution in [0.4, 0.5) is 5.69 Å². The van der Waals surface area contributed by atoms with Gasteiger partial charge in [-0.15, -0.1) is 24.0 Å². The third-order valence-electron chi connectivity index (χ3n) is 4.42. The molecule has 0 aliphatic carbocycles. The molecule has 1 aliphatic rings. The van der Waals surface area contributed by atoms with E-state index in [4.69, 9.17) is 5.26 Å². The van der Waals surface area contributed by atoms with E-state index in [-0.39, 0.29) is 24.0 Å². The number of nitrogens with one attached hydrogen (secondary N) is 1. The molecule has 5 nitrogen and oxygen atoms in total. The van der Waals surface area contributed by atoms with E-state index in [1.807, 2.05) is 37.4 Å². The van der Waals surface area contributed by atoms with E-state index in [9.17, 15) is 0 Å². The molecule has 26 heavy (non-hydrogen) atoms. The van der Waals surface area contributed by atoms with E-state index in [1.165, 1.54) is 5.69 Å². The largest absolute Gasteiger partial charge is 0.368 e. The predicted molar refractivity (Wildman–Crippen MR) is 117 cm³/mol. The van der Waals surface area contributed by atoms with Gasteiger partial charge in [0.1, 0.15) is 0 Å². The molecule has 0 spiro atoms. The summed E-state index contributed by atoms with van der Waals surface area (Å²) in [6.45, 7) is 4.50. The van der Waals surface area contributed by atoms with Crippen LogP contribution in [0.5, 0.6) is 0 Å². The van der Waals surface area contributed by atoms with Gasteiger partial charge in [0.15, 0.2) is 5.96 Å². The summed E-state index contributed by atoms with van der Waals surface area (Å²) in [6.07, 6.45) is 0. The summed E-state index contributed by atoms with van der Waals surface area (Å²) in [5, 5.41) is 12.4. The van der Waals surface area contributed by atoms with Gasteiger partial charge in [-0.25, -0.2) is 0 Å². The Balaban J connectivity index is 0.00000243. The average Bonchev–Trinajstić information content (AvgIpc) is 2.70. The van der Waals surface area contributed by atoms with Crippen molar-refractivity contribution in [1.29, 1.82) is 5.26 Å². The number of para-hydroxylation sites is 1. The smallest absolute Gasteiger partial charge is 0.194 e. The van der Waals surface area contributed by atoms with E-state index in [0.717, 1.165) is 37.7 Å². The summed E-state index contributed by atoms with van der Waals surface area (Å²) in [5.41, 5.74) is 3.05. The molecule has 1 fully saturated rings. The normalized spacial score (nSPS) is 14.4. The van der Waals surface area contributed by atoms with Gasteiger partial charge in [0, 0.05) is 45.5 Å². The molecule has 6 heteroatoms. The van der Waals surface area contributed by atoms with Gasteiger partial charge < -0.3 is 15.1 Å². The Morgan fingerprint density at radius 3 is 2.46 bits per heavy atom. The quantitative estimate of drug-likeness (QED) is 0.434. The number of piperazine rings is 1. The minimum Gasteiger partial charge on any atom is -0.368 e. The van der Waals surface area contributed by atoms with Gasteiger partial charge in [0.25, 0.3) is 0 Å². The summed E-state index contributed by atoms with van der Waals surface area (Å²) in [4.78, 5) is 9.10. The van der Waals surface area contributed by atoms with Crippen molar-refractivity contribution in [2.24, 2.45) is 4.99 Å². The van der Waals surface area contributed by atoms with Crippen molar-refractivity contribution < 1.29 is 0 Å². The maximum atomic E-state index is 9.00. The van der Waals surface area contributed by atoms with Gasteiger partial charge in [0.05, 0.1) is 11.6 Å². The highest BCUT2D eigenvalue weighted by Crippen LogP contribution is 2.15. The van der Waals surface area contributed by atoms with Crippen LogP contribution in [0, 0.1) is 11.3 Å².